The Hall–Kier alpha value is 0.160. The lowest BCUT2D eigenvalue weighted by Gasteiger charge is -2.15. The van der Waals surface area contributed by atoms with E-state index in [2.05, 4.69) is 22.6 Å². The Bertz CT molecular complexity index is 283. The second-order valence-corrected chi connectivity index (χ2v) is 4.65. The average molecular weight is 312 g/mol. The van der Waals surface area contributed by atoms with Crippen LogP contribution in [-0.4, -0.2) is 11.2 Å². The number of benzene rings is 1. The van der Waals surface area contributed by atoms with Crippen molar-refractivity contribution in [2.45, 2.75) is 19.1 Å². The van der Waals surface area contributed by atoms with E-state index in [0.717, 1.165) is 9.13 Å². The fraction of sp³-hybridized carbons (Fsp3) is 0.333. The SMILES string of the molecule is C[C@H](O)[C@H](N)c1cc(Cl)cc(I)c1. The minimum absolute atomic E-state index is 0.368. The third-order valence-corrected chi connectivity index (χ3v) is 2.63. The molecule has 0 spiro atoms. The molecule has 1 rings (SSSR count). The molecule has 4 heteroatoms. The smallest absolute Gasteiger partial charge is 0.0704 e. The van der Waals surface area contributed by atoms with Crippen LogP contribution in [0.4, 0.5) is 0 Å². The van der Waals surface area contributed by atoms with Crippen LogP contribution in [0.3, 0.4) is 0 Å². The number of aliphatic hydroxyl groups excluding tert-OH is 1. The zero-order valence-corrected chi connectivity index (χ0v) is 10.1. The predicted octanol–water partition coefficient (Wildman–Crippen LogP) is 2.33. The number of nitrogens with two attached hydrogens (primary N) is 1. The first-order valence-corrected chi connectivity index (χ1v) is 5.36. The molecule has 13 heavy (non-hydrogen) atoms. The summed E-state index contributed by atoms with van der Waals surface area (Å²) in [4.78, 5) is 0. The van der Waals surface area contributed by atoms with Gasteiger partial charge in [0.05, 0.1) is 12.1 Å². The molecular weight excluding hydrogens is 300 g/mol. The summed E-state index contributed by atoms with van der Waals surface area (Å²) in [6.07, 6.45) is -0.561. The van der Waals surface area contributed by atoms with E-state index < -0.39 is 6.10 Å². The molecule has 2 atom stereocenters. The summed E-state index contributed by atoms with van der Waals surface area (Å²) in [5, 5.41) is 9.94. The van der Waals surface area contributed by atoms with Gasteiger partial charge in [0.1, 0.15) is 0 Å². The molecule has 0 aliphatic rings. The van der Waals surface area contributed by atoms with Crippen molar-refractivity contribution >= 4 is 34.2 Å². The van der Waals surface area contributed by atoms with Crippen LogP contribution in [0.25, 0.3) is 0 Å². The maximum absolute atomic E-state index is 9.29. The highest BCUT2D eigenvalue weighted by Gasteiger charge is 2.12. The summed E-state index contributed by atoms with van der Waals surface area (Å²) in [5.41, 5.74) is 6.63. The van der Waals surface area contributed by atoms with Crippen molar-refractivity contribution in [2.24, 2.45) is 5.73 Å². The Labute approximate surface area is 96.2 Å². The standard InChI is InChI=1S/C9H11ClINO/c1-5(13)9(12)6-2-7(10)4-8(11)3-6/h2-5,9,13H,12H2,1H3/t5-,9-/m0/s1. The number of aliphatic hydroxyl groups is 1. The predicted molar refractivity (Wildman–Crippen MR) is 62.8 cm³/mol. The molecule has 0 aromatic heterocycles. The number of hydrogen-bond donors (Lipinski definition) is 2. The molecule has 0 saturated heterocycles. The van der Waals surface area contributed by atoms with Crippen molar-refractivity contribution in [1.29, 1.82) is 0 Å². The van der Waals surface area contributed by atoms with Crippen LogP contribution >= 0.6 is 34.2 Å². The van der Waals surface area contributed by atoms with Crippen LogP contribution in [0.5, 0.6) is 0 Å². The molecule has 0 fully saturated rings. The number of hydrogen-bond acceptors (Lipinski definition) is 2. The topological polar surface area (TPSA) is 46.2 Å². The van der Waals surface area contributed by atoms with Crippen LogP contribution < -0.4 is 5.73 Å². The largest absolute Gasteiger partial charge is 0.391 e. The van der Waals surface area contributed by atoms with Crippen molar-refractivity contribution in [2.75, 3.05) is 0 Å². The summed E-state index contributed by atoms with van der Waals surface area (Å²) in [6.45, 7) is 1.67. The van der Waals surface area contributed by atoms with Gasteiger partial charge < -0.3 is 10.8 Å². The van der Waals surface area contributed by atoms with Gasteiger partial charge in [0.25, 0.3) is 0 Å². The molecule has 0 saturated carbocycles. The van der Waals surface area contributed by atoms with Gasteiger partial charge in [-0.15, -0.1) is 0 Å². The van der Waals surface area contributed by atoms with Gasteiger partial charge in [0.2, 0.25) is 0 Å². The molecule has 0 radical (unpaired) electrons. The van der Waals surface area contributed by atoms with E-state index in [1.807, 2.05) is 12.1 Å². The van der Waals surface area contributed by atoms with E-state index in [1.165, 1.54) is 0 Å². The first kappa shape index (κ1) is 11.2. The molecule has 1 aromatic rings. The van der Waals surface area contributed by atoms with Crippen molar-refractivity contribution in [3.63, 3.8) is 0 Å². The Kier molecular flexibility index (Phi) is 3.97. The second-order valence-electron chi connectivity index (χ2n) is 2.97. The average Bonchev–Trinajstić information content (AvgIpc) is 2.01. The zero-order chi connectivity index (χ0) is 10.0. The van der Waals surface area contributed by atoms with Gasteiger partial charge in [-0.05, 0) is 53.3 Å². The van der Waals surface area contributed by atoms with Crippen LogP contribution in [0.2, 0.25) is 5.02 Å². The molecule has 0 aliphatic carbocycles. The number of rotatable bonds is 2. The van der Waals surface area contributed by atoms with E-state index in [0.29, 0.717) is 5.02 Å². The molecule has 1 aromatic carbocycles. The first-order valence-electron chi connectivity index (χ1n) is 3.90. The minimum atomic E-state index is -0.561. The normalized spacial score (nSPS) is 15.5. The summed E-state index contributed by atoms with van der Waals surface area (Å²) >= 11 is 8.02. The summed E-state index contributed by atoms with van der Waals surface area (Å²) < 4.78 is 1.02. The quantitative estimate of drug-likeness (QED) is 0.824. The molecule has 72 valence electrons. The van der Waals surface area contributed by atoms with Gasteiger partial charge in [-0.1, -0.05) is 11.6 Å². The highest BCUT2D eigenvalue weighted by atomic mass is 127. The molecule has 2 nitrogen and oxygen atoms in total. The Morgan fingerprint density at radius 3 is 2.54 bits per heavy atom. The van der Waals surface area contributed by atoms with Gasteiger partial charge in [0, 0.05) is 8.59 Å². The highest BCUT2D eigenvalue weighted by molar-refractivity contribution is 14.1. The monoisotopic (exact) mass is 311 g/mol. The van der Waals surface area contributed by atoms with Gasteiger partial charge in [-0.25, -0.2) is 0 Å². The van der Waals surface area contributed by atoms with Crippen LogP contribution in [0.15, 0.2) is 18.2 Å². The summed E-state index contributed by atoms with van der Waals surface area (Å²) in [6, 6.07) is 5.18. The first-order chi connectivity index (χ1) is 6.00. The summed E-state index contributed by atoms with van der Waals surface area (Å²) in [5.74, 6) is 0. The lowest BCUT2D eigenvalue weighted by atomic mass is 10.0. The third kappa shape index (κ3) is 3.09. The van der Waals surface area contributed by atoms with Gasteiger partial charge in [0.15, 0.2) is 0 Å². The zero-order valence-electron chi connectivity index (χ0n) is 7.17. The molecule has 0 bridgehead atoms. The lowest BCUT2D eigenvalue weighted by Crippen LogP contribution is -2.23. The molecule has 0 unspecified atom stereocenters. The highest BCUT2D eigenvalue weighted by Crippen LogP contribution is 2.22. The van der Waals surface area contributed by atoms with Crippen LogP contribution in [0.1, 0.15) is 18.5 Å². The van der Waals surface area contributed by atoms with Gasteiger partial charge in [-0.2, -0.15) is 0 Å². The Balaban J connectivity index is 3.01. The van der Waals surface area contributed by atoms with Gasteiger partial charge in [-0.3, -0.25) is 0 Å². The summed E-state index contributed by atoms with van der Waals surface area (Å²) in [7, 11) is 0. The van der Waals surface area contributed by atoms with Crippen molar-refractivity contribution in [3.05, 3.63) is 32.4 Å². The maximum Gasteiger partial charge on any atom is 0.0704 e. The molecule has 3 N–H and O–H groups in total. The van der Waals surface area contributed by atoms with E-state index in [4.69, 9.17) is 17.3 Å². The molecule has 0 aliphatic heterocycles. The fourth-order valence-electron chi connectivity index (χ4n) is 1.05. The maximum atomic E-state index is 9.29. The Morgan fingerprint density at radius 2 is 2.08 bits per heavy atom. The van der Waals surface area contributed by atoms with Crippen molar-refractivity contribution < 1.29 is 5.11 Å². The van der Waals surface area contributed by atoms with Crippen molar-refractivity contribution in [3.8, 4) is 0 Å². The lowest BCUT2D eigenvalue weighted by molar-refractivity contribution is 0.164. The minimum Gasteiger partial charge on any atom is -0.391 e. The van der Waals surface area contributed by atoms with Crippen LogP contribution in [0, 0.1) is 3.57 Å². The Morgan fingerprint density at radius 1 is 1.46 bits per heavy atom. The van der Waals surface area contributed by atoms with Crippen LogP contribution in [-0.2, 0) is 0 Å². The molecule has 0 heterocycles. The second kappa shape index (κ2) is 4.59. The van der Waals surface area contributed by atoms with E-state index in [-0.39, 0.29) is 6.04 Å². The number of halogens is 2. The van der Waals surface area contributed by atoms with E-state index in [9.17, 15) is 5.11 Å². The van der Waals surface area contributed by atoms with E-state index >= 15 is 0 Å². The molecule has 0 amide bonds. The van der Waals surface area contributed by atoms with E-state index in [1.54, 1.807) is 13.0 Å². The van der Waals surface area contributed by atoms with Crippen molar-refractivity contribution in [1.82, 2.24) is 0 Å². The molecular formula is C9H11ClINO. The van der Waals surface area contributed by atoms with Gasteiger partial charge >= 0.3 is 0 Å². The third-order valence-electron chi connectivity index (χ3n) is 1.79. The fourth-order valence-corrected chi connectivity index (χ4v) is 2.17.